The van der Waals surface area contributed by atoms with E-state index in [9.17, 15) is 4.79 Å². The summed E-state index contributed by atoms with van der Waals surface area (Å²) in [6.07, 6.45) is 0.695. The van der Waals surface area contributed by atoms with Crippen LogP contribution in [-0.4, -0.2) is 56.6 Å². The topological polar surface area (TPSA) is 66.0 Å². The van der Waals surface area contributed by atoms with Crippen LogP contribution in [0.2, 0.25) is 5.02 Å². The third-order valence-electron chi connectivity index (χ3n) is 4.27. The molecule has 30 heavy (non-hydrogen) atoms. The Morgan fingerprint density at radius 2 is 1.93 bits per heavy atom. The van der Waals surface area contributed by atoms with Crippen molar-refractivity contribution in [2.24, 2.45) is 4.99 Å². The van der Waals surface area contributed by atoms with Gasteiger partial charge in [-0.05, 0) is 56.2 Å². The standard InChI is InChI=1S/C23H31ClN4O2/c1-5-25-23(27-16-17(2)30-21-11-7-10-20(24)15-21)26-13-12-18-8-6-9-19(14-18)22(29)28(3)4/h6-11,14-15,17H,5,12-13,16H2,1-4H3,(H2,25,26,27). The number of nitrogens with one attached hydrogen (secondary N) is 2. The smallest absolute Gasteiger partial charge is 0.253 e. The van der Waals surface area contributed by atoms with Crippen LogP contribution in [0.1, 0.15) is 29.8 Å². The molecule has 1 amide bonds. The maximum Gasteiger partial charge on any atom is 0.253 e. The monoisotopic (exact) mass is 430 g/mol. The van der Waals surface area contributed by atoms with Crippen LogP contribution < -0.4 is 15.4 Å². The number of amides is 1. The van der Waals surface area contributed by atoms with Crippen LogP contribution in [0.15, 0.2) is 53.5 Å². The lowest BCUT2D eigenvalue weighted by Crippen LogP contribution is -2.39. The number of carbonyl (C=O) groups excluding carboxylic acids is 1. The highest BCUT2D eigenvalue weighted by Gasteiger charge is 2.09. The quantitative estimate of drug-likeness (QED) is 0.471. The van der Waals surface area contributed by atoms with E-state index in [4.69, 9.17) is 16.3 Å². The number of guanidine groups is 1. The predicted octanol–water partition coefficient (Wildman–Crippen LogP) is 3.61. The Bertz CT molecular complexity index is 855. The molecule has 0 aromatic heterocycles. The zero-order chi connectivity index (χ0) is 21.9. The largest absolute Gasteiger partial charge is 0.489 e. The van der Waals surface area contributed by atoms with Crippen molar-refractivity contribution in [1.82, 2.24) is 15.5 Å². The molecule has 2 N–H and O–H groups in total. The van der Waals surface area contributed by atoms with E-state index in [1.165, 1.54) is 0 Å². The van der Waals surface area contributed by atoms with E-state index in [1.807, 2.05) is 56.3 Å². The summed E-state index contributed by atoms with van der Waals surface area (Å²) in [6.45, 7) is 5.98. The van der Waals surface area contributed by atoms with Gasteiger partial charge in [-0.25, -0.2) is 4.99 Å². The molecule has 2 aromatic carbocycles. The van der Waals surface area contributed by atoms with Crippen LogP contribution in [0, 0.1) is 0 Å². The molecule has 2 rings (SSSR count). The second kappa shape index (κ2) is 12.1. The summed E-state index contributed by atoms with van der Waals surface area (Å²) in [5.41, 5.74) is 1.80. The van der Waals surface area contributed by atoms with Crippen molar-refractivity contribution in [3.8, 4) is 5.75 Å². The second-order valence-corrected chi connectivity index (χ2v) is 7.62. The molecule has 1 unspecified atom stereocenters. The van der Waals surface area contributed by atoms with E-state index in [-0.39, 0.29) is 12.0 Å². The van der Waals surface area contributed by atoms with Gasteiger partial charge in [0.15, 0.2) is 5.96 Å². The van der Waals surface area contributed by atoms with Crippen molar-refractivity contribution < 1.29 is 9.53 Å². The van der Waals surface area contributed by atoms with Crippen molar-refractivity contribution in [3.05, 3.63) is 64.7 Å². The number of nitrogens with zero attached hydrogens (tertiary/aromatic N) is 2. The van der Waals surface area contributed by atoms with Gasteiger partial charge in [-0.2, -0.15) is 0 Å². The minimum Gasteiger partial charge on any atom is -0.489 e. The molecule has 0 aliphatic heterocycles. The predicted molar refractivity (Wildman–Crippen MR) is 124 cm³/mol. The average molecular weight is 431 g/mol. The fraction of sp³-hybridized carbons (Fsp3) is 0.391. The average Bonchev–Trinajstić information content (AvgIpc) is 2.71. The van der Waals surface area contributed by atoms with Crippen LogP contribution >= 0.6 is 11.6 Å². The number of rotatable bonds is 9. The molecule has 0 aliphatic rings. The molecule has 1 atom stereocenters. The first-order valence-corrected chi connectivity index (χ1v) is 10.5. The van der Waals surface area contributed by atoms with Gasteiger partial charge in [0.25, 0.3) is 5.91 Å². The van der Waals surface area contributed by atoms with Crippen LogP contribution in [0.25, 0.3) is 0 Å². The Morgan fingerprint density at radius 3 is 2.63 bits per heavy atom. The van der Waals surface area contributed by atoms with E-state index in [0.29, 0.717) is 23.7 Å². The molecule has 0 spiro atoms. The molecule has 0 saturated carbocycles. The number of benzene rings is 2. The molecular formula is C23H31ClN4O2. The summed E-state index contributed by atoms with van der Waals surface area (Å²) in [7, 11) is 3.51. The fourth-order valence-electron chi connectivity index (χ4n) is 2.81. The molecule has 0 saturated heterocycles. The van der Waals surface area contributed by atoms with Gasteiger partial charge in [-0.15, -0.1) is 0 Å². The lowest BCUT2D eigenvalue weighted by Gasteiger charge is -2.15. The first-order chi connectivity index (χ1) is 14.4. The van der Waals surface area contributed by atoms with E-state index >= 15 is 0 Å². The minimum atomic E-state index is -0.0901. The van der Waals surface area contributed by atoms with Crippen molar-refractivity contribution >= 4 is 23.5 Å². The number of carbonyl (C=O) groups is 1. The van der Waals surface area contributed by atoms with Crippen molar-refractivity contribution in [2.75, 3.05) is 33.7 Å². The summed E-state index contributed by atoms with van der Waals surface area (Å²) < 4.78 is 5.87. The van der Waals surface area contributed by atoms with E-state index < -0.39 is 0 Å². The first kappa shape index (κ1) is 23.5. The van der Waals surface area contributed by atoms with Gasteiger partial charge >= 0.3 is 0 Å². The van der Waals surface area contributed by atoms with Crippen molar-refractivity contribution in [1.29, 1.82) is 0 Å². The number of hydrogen-bond acceptors (Lipinski definition) is 3. The van der Waals surface area contributed by atoms with Crippen LogP contribution in [-0.2, 0) is 6.42 Å². The first-order valence-electron chi connectivity index (χ1n) is 10.1. The zero-order valence-corrected chi connectivity index (χ0v) is 18.9. The van der Waals surface area contributed by atoms with Gasteiger partial charge in [-0.3, -0.25) is 4.79 Å². The lowest BCUT2D eigenvalue weighted by molar-refractivity contribution is 0.0827. The summed E-state index contributed by atoms with van der Waals surface area (Å²) in [5, 5.41) is 7.23. The normalized spacial score (nSPS) is 12.2. The highest BCUT2D eigenvalue weighted by atomic mass is 35.5. The SMILES string of the molecule is CCNC(=NCC(C)Oc1cccc(Cl)c1)NCCc1cccc(C(=O)N(C)C)c1. The van der Waals surface area contributed by atoms with Crippen LogP contribution in [0.3, 0.4) is 0 Å². The molecule has 162 valence electrons. The lowest BCUT2D eigenvalue weighted by atomic mass is 10.1. The Hall–Kier alpha value is -2.73. The molecule has 0 fully saturated rings. The Balaban J connectivity index is 1.87. The van der Waals surface area contributed by atoms with E-state index in [1.54, 1.807) is 25.1 Å². The summed E-state index contributed by atoms with van der Waals surface area (Å²) in [6, 6.07) is 15.1. The van der Waals surface area contributed by atoms with E-state index in [2.05, 4.69) is 15.6 Å². The van der Waals surface area contributed by atoms with Crippen molar-refractivity contribution in [2.45, 2.75) is 26.4 Å². The molecule has 0 aliphatic carbocycles. The molecule has 0 bridgehead atoms. The van der Waals surface area contributed by atoms with Gasteiger partial charge in [-0.1, -0.05) is 29.8 Å². The van der Waals surface area contributed by atoms with Gasteiger partial charge in [0.2, 0.25) is 0 Å². The van der Waals surface area contributed by atoms with Gasteiger partial charge in [0.05, 0.1) is 6.54 Å². The molecule has 7 heteroatoms. The molecule has 6 nitrogen and oxygen atoms in total. The molecule has 0 radical (unpaired) electrons. The number of hydrogen-bond donors (Lipinski definition) is 2. The van der Waals surface area contributed by atoms with Crippen LogP contribution in [0.4, 0.5) is 0 Å². The summed E-state index contributed by atoms with van der Waals surface area (Å²) in [5.74, 6) is 1.48. The zero-order valence-electron chi connectivity index (χ0n) is 18.1. The van der Waals surface area contributed by atoms with Crippen molar-refractivity contribution in [3.63, 3.8) is 0 Å². The van der Waals surface area contributed by atoms with Gasteiger partial charge in [0, 0.05) is 37.8 Å². The fourth-order valence-corrected chi connectivity index (χ4v) is 3.00. The van der Waals surface area contributed by atoms with E-state index in [0.717, 1.165) is 30.2 Å². The maximum atomic E-state index is 12.1. The minimum absolute atomic E-state index is 0.00778. The Labute approximate surface area is 184 Å². The summed E-state index contributed by atoms with van der Waals surface area (Å²) >= 11 is 6.00. The number of halogens is 1. The number of ether oxygens (including phenoxy) is 1. The highest BCUT2D eigenvalue weighted by Crippen LogP contribution is 2.18. The Kier molecular flexibility index (Phi) is 9.48. The third kappa shape index (κ3) is 7.95. The molecular weight excluding hydrogens is 400 g/mol. The maximum absolute atomic E-state index is 12.1. The highest BCUT2D eigenvalue weighted by molar-refractivity contribution is 6.30. The summed E-state index contributed by atoms with van der Waals surface area (Å²) in [4.78, 5) is 18.3. The van der Waals surface area contributed by atoms with Gasteiger partial charge < -0.3 is 20.3 Å². The second-order valence-electron chi connectivity index (χ2n) is 7.18. The number of aliphatic imine (C=N–C) groups is 1. The molecule has 0 heterocycles. The van der Waals surface area contributed by atoms with Crippen LogP contribution in [0.5, 0.6) is 5.75 Å². The Morgan fingerprint density at radius 1 is 1.17 bits per heavy atom. The third-order valence-corrected chi connectivity index (χ3v) is 4.51. The van der Waals surface area contributed by atoms with Gasteiger partial charge in [0.1, 0.15) is 11.9 Å². The molecule has 2 aromatic rings.